The van der Waals surface area contributed by atoms with Crippen LogP contribution in [0, 0.1) is 10.5 Å². The average molecular weight is 616 g/mol. The molecule has 1 fully saturated rings. The van der Waals surface area contributed by atoms with Crippen LogP contribution in [0.5, 0.6) is 5.75 Å². The summed E-state index contributed by atoms with van der Waals surface area (Å²) in [4.78, 5) is 32.1. The van der Waals surface area contributed by atoms with Gasteiger partial charge in [-0.05, 0) is 94.2 Å². The molecule has 0 bridgehead atoms. The third kappa shape index (κ3) is 5.33. The zero-order valence-corrected chi connectivity index (χ0v) is 22.8. The van der Waals surface area contributed by atoms with Crippen molar-refractivity contribution in [1.82, 2.24) is 9.88 Å². The SMILES string of the molecule is Cc1ccccc1COc1ccc(/C(O)=C2\C(=O)C(=O)N(Cc3cccnc3)C2c2ccc(I)cc2)cc1. The summed E-state index contributed by atoms with van der Waals surface area (Å²) in [6.07, 6.45) is 3.32. The number of Topliss-reactive ketones (excluding diaryl/α,β-unsaturated/α-hetero) is 1. The summed E-state index contributed by atoms with van der Waals surface area (Å²) in [6, 6.07) is 25.4. The molecule has 6 nitrogen and oxygen atoms in total. The second kappa shape index (κ2) is 11.2. The molecule has 190 valence electrons. The van der Waals surface area contributed by atoms with Crippen molar-refractivity contribution in [2.45, 2.75) is 26.1 Å². The molecule has 1 atom stereocenters. The number of nitrogens with zero attached hydrogens (tertiary/aromatic N) is 2. The van der Waals surface area contributed by atoms with Crippen molar-refractivity contribution < 1.29 is 19.4 Å². The molecule has 1 unspecified atom stereocenters. The first kappa shape index (κ1) is 25.7. The van der Waals surface area contributed by atoms with Crippen molar-refractivity contribution in [2.75, 3.05) is 0 Å². The molecule has 0 radical (unpaired) electrons. The highest BCUT2D eigenvalue weighted by Gasteiger charge is 2.46. The summed E-state index contributed by atoms with van der Waals surface area (Å²) in [7, 11) is 0. The standard InChI is InChI=1S/C31H25IN2O4/c1-20-5-2-3-7-24(20)19-38-26-14-10-23(11-15-26)29(35)27-28(22-8-12-25(32)13-9-22)34(31(37)30(27)36)18-21-6-4-16-33-17-21/h2-17,28,35H,18-19H2,1H3/b29-27+. The first-order valence-corrected chi connectivity index (χ1v) is 13.2. The number of amides is 1. The molecule has 0 spiro atoms. The zero-order valence-electron chi connectivity index (χ0n) is 20.7. The van der Waals surface area contributed by atoms with Crippen LogP contribution in [0.2, 0.25) is 0 Å². The molecule has 1 aromatic heterocycles. The molecule has 1 saturated heterocycles. The maximum absolute atomic E-state index is 13.3. The number of pyridine rings is 1. The van der Waals surface area contributed by atoms with Crippen LogP contribution < -0.4 is 4.74 Å². The Morgan fingerprint density at radius 1 is 0.974 bits per heavy atom. The fourth-order valence-electron chi connectivity index (χ4n) is 4.52. The number of aliphatic hydroxyl groups is 1. The molecular formula is C31H25IN2O4. The quantitative estimate of drug-likeness (QED) is 0.116. The minimum atomic E-state index is -0.732. The Kier molecular flexibility index (Phi) is 7.55. The summed E-state index contributed by atoms with van der Waals surface area (Å²) in [6.45, 7) is 2.65. The number of carbonyl (C=O) groups excluding carboxylic acids is 2. The van der Waals surface area contributed by atoms with E-state index in [-0.39, 0.29) is 17.9 Å². The number of ether oxygens (including phenoxy) is 1. The Bertz CT molecular complexity index is 1500. The molecule has 4 aromatic rings. The van der Waals surface area contributed by atoms with Crippen LogP contribution in [0.1, 0.15) is 33.9 Å². The van der Waals surface area contributed by atoms with Crippen LogP contribution >= 0.6 is 22.6 Å². The van der Waals surface area contributed by atoms with E-state index in [1.54, 1.807) is 42.7 Å². The number of carbonyl (C=O) groups is 2. The van der Waals surface area contributed by atoms with Gasteiger partial charge in [0, 0.05) is 28.1 Å². The first-order valence-electron chi connectivity index (χ1n) is 12.1. The molecular weight excluding hydrogens is 591 g/mol. The minimum Gasteiger partial charge on any atom is -0.507 e. The van der Waals surface area contributed by atoms with E-state index in [1.165, 1.54) is 4.90 Å². The van der Waals surface area contributed by atoms with Gasteiger partial charge in [-0.3, -0.25) is 14.6 Å². The Labute approximate surface area is 234 Å². The van der Waals surface area contributed by atoms with Crippen LogP contribution in [0.4, 0.5) is 0 Å². The molecule has 7 heteroatoms. The van der Waals surface area contributed by atoms with E-state index in [9.17, 15) is 14.7 Å². The second-order valence-corrected chi connectivity index (χ2v) is 10.3. The van der Waals surface area contributed by atoms with E-state index in [0.29, 0.717) is 17.9 Å². The van der Waals surface area contributed by atoms with Gasteiger partial charge in [0.25, 0.3) is 11.7 Å². The number of aliphatic hydroxyl groups excluding tert-OH is 1. The predicted octanol–water partition coefficient (Wildman–Crippen LogP) is 6.20. The molecule has 5 rings (SSSR count). The highest BCUT2D eigenvalue weighted by Crippen LogP contribution is 2.40. The summed E-state index contributed by atoms with van der Waals surface area (Å²) in [5, 5.41) is 11.3. The van der Waals surface area contributed by atoms with Crippen molar-refractivity contribution in [3.8, 4) is 5.75 Å². The van der Waals surface area contributed by atoms with E-state index in [2.05, 4.69) is 27.6 Å². The van der Waals surface area contributed by atoms with Gasteiger partial charge in [-0.1, -0.05) is 42.5 Å². The Morgan fingerprint density at radius 3 is 2.39 bits per heavy atom. The Hall–Kier alpha value is -3.98. The molecule has 2 heterocycles. The van der Waals surface area contributed by atoms with E-state index in [1.807, 2.05) is 61.5 Å². The largest absolute Gasteiger partial charge is 0.507 e. The van der Waals surface area contributed by atoms with Crippen molar-refractivity contribution >= 4 is 40.0 Å². The Morgan fingerprint density at radius 2 is 1.71 bits per heavy atom. The van der Waals surface area contributed by atoms with Crippen LogP contribution in [-0.2, 0) is 22.7 Å². The van der Waals surface area contributed by atoms with Crippen molar-refractivity contribution in [3.05, 3.63) is 134 Å². The van der Waals surface area contributed by atoms with E-state index in [4.69, 9.17) is 4.74 Å². The number of ketones is 1. The molecule has 1 aliphatic heterocycles. The highest BCUT2D eigenvalue weighted by molar-refractivity contribution is 14.1. The number of rotatable bonds is 7. The fourth-order valence-corrected chi connectivity index (χ4v) is 4.88. The van der Waals surface area contributed by atoms with Crippen molar-refractivity contribution in [1.29, 1.82) is 0 Å². The van der Waals surface area contributed by atoms with Gasteiger partial charge >= 0.3 is 0 Å². The van der Waals surface area contributed by atoms with E-state index < -0.39 is 17.7 Å². The topological polar surface area (TPSA) is 79.7 Å². The molecule has 1 aliphatic rings. The van der Waals surface area contributed by atoms with Crippen molar-refractivity contribution in [3.63, 3.8) is 0 Å². The normalized spacial score (nSPS) is 16.6. The monoisotopic (exact) mass is 616 g/mol. The molecule has 1 N–H and O–H groups in total. The summed E-state index contributed by atoms with van der Waals surface area (Å²) < 4.78 is 6.95. The van der Waals surface area contributed by atoms with E-state index in [0.717, 1.165) is 25.8 Å². The number of halogens is 1. The summed E-state index contributed by atoms with van der Waals surface area (Å²) >= 11 is 2.21. The highest BCUT2D eigenvalue weighted by atomic mass is 127. The summed E-state index contributed by atoms with van der Waals surface area (Å²) in [5.74, 6) is -0.950. The second-order valence-electron chi connectivity index (χ2n) is 9.08. The van der Waals surface area contributed by atoms with Gasteiger partial charge in [-0.15, -0.1) is 0 Å². The average Bonchev–Trinajstić information content (AvgIpc) is 3.18. The third-order valence-electron chi connectivity index (χ3n) is 6.58. The first-order chi connectivity index (χ1) is 18.4. The van der Waals surface area contributed by atoms with Gasteiger partial charge in [-0.2, -0.15) is 0 Å². The van der Waals surface area contributed by atoms with E-state index >= 15 is 0 Å². The number of aryl methyl sites for hydroxylation is 1. The van der Waals surface area contributed by atoms with Gasteiger partial charge in [0.1, 0.15) is 18.1 Å². The van der Waals surface area contributed by atoms with Gasteiger partial charge < -0.3 is 14.7 Å². The molecule has 1 amide bonds. The predicted molar refractivity (Wildman–Crippen MR) is 153 cm³/mol. The van der Waals surface area contributed by atoms with Crippen LogP contribution in [0.15, 0.2) is 103 Å². The number of hydrogen-bond acceptors (Lipinski definition) is 5. The number of likely N-dealkylation sites (tertiary alicyclic amines) is 1. The molecule has 0 saturated carbocycles. The van der Waals surface area contributed by atoms with Gasteiger partial charge in [0.2, 0.25) is 0 Å². The lowest BCUT2D eigenvalue weighted by Crippen LogP contribution is -2.29. The lowest BCUT2D eigenvalue weighted by Gasteiger charge is -2.25. The fraction of sp³-hybridized carbons (Fsp3) is 0.129. The molecule has 0 aliphatic carbocycles. The van der Waals surface area contributed by atoms with Crippen LogP contribution in [0.3, 0.4) is 0 Å². The van der Waals surface area contributed by atoms with Gasteiger partial charge in [0.15, 0.2) is 0 Å². The molecule has 3 aromatic carbocycles. The van der Waals surface area contributed by atoms with Crippen LogP contribution in [-0.4, -0.2) is 26.7 Å². The maximum atomic E-state index is 13.3. The summed E-state index contributed by atoms with van der Waals surface area (Å²) in [5.41, 5.74) is 4.27. The number of aromatic nitrogens is 1. The lowest BCUT2D eigenvalue weighted by molar-refractivity contribution is -0.140. The maximum Gasteiger partial charge on any atom is 0.295 e. The van der Waals surface area contributed by atoms with Gasteiger partial charge in [-0.25, -0.2) is 0 Å². The molecule has 38 heavy (non-hydrogen) atoms. The lowest BCUT2D eigenvalue weighted by atomic mass is 9.95. The Balaban J connectivity index is 1.47. The zero-order chi connectivity index (χ0) is 26.6. The minimum absolute atomic E-state index is 0.0636. The van der Waals surface area contributed by atoms with Gasteiger partial charge in [0.05, 0.1) is 11.6 Å². The number of hydrogen-bond donors (Lipinski definition) is 1. The van der Waals surface area contributed by atoms with Crippen molar-refractivity contribution in [2.24, 2.45) is 0 Å². The smallest absolute Gasteiger partial charge is 0.295 e. The van der Waals surface area contributed by atoms with Crippen LogP contribution in [0.25, 0.3) is 5.76 Å². The third-order valence-corrected chi connectivity index (χ3v) is 7.30. The number of benzene rings is 3.